The number of aliphatic hydroxyl groups is 2. The predicted octanol–water partition coefficient (Wildman–Crippen LogP) is 0.164. The highest BCUT2D eigenvalue weighted by Gasteiger charge is 2.50. The van der Waals surface area contributed by atoms with Crippen molar-refractivity contribution < 1.29 is 24.5 Å². The highest BCUT2D eigenvalue weighted by molar-refractivity contribution is 5.71. The van der Waals surface area contributed by atoms with Gasteiger partial charge in [0.05, 0.1) is 12.5 Å². The van der Waals surface area contributed by atoms with Crippen LogP contribution in [0.25, 0.3) is 0 Å². The fourth-order valence-electron chi connectivity index (χ4n) is 2.53. The van der Waals surface area contributed by atoms with E-state index in [0.29, 0.717) is 0 Å². The molecule has 0 saturated carbocycles. The molecule has 5 atom stereocenters. The highest BCUT2D eigenvalue weighted by Crippen LogP contribution is 2.37. The molecule has 96 valence electrons. The maximum atomic E-state index is 11.3. The van der Waals surface area contributed by atoms with Crippen LogP contribution in [0.3, 0.4) is 0 Å². The van der Waals surface area contributed by atoms with E-state index in [-0.39, 0.29) is 6.42 Å². The highest BCUT2D eigenvalue weighted by atomic mass is 16.6. The van der Waals surface area contributed by atoms with Gasteiger partial charge in [0, 0.05) is 0 Å². The summed E-state index contributed by atoms with van der Waals surface area (Å²) in [6, 6.07) is 9.23. The molecule has 5 nitrogen and oxygen atoms in total. The molecule has 5 heteroatoms. The molecule has 1 aromatic carbocycles. The van der Waals surface area contributed by atoms with Crippen LogP contribution in [0.5, 0.6) is 0 Å². The Kier molecular flexibility index (Phi) is 2.81. The van der Waals surface area contributed by atoms with Crippen molar-refractivity contribution in [2.75, 3.05) is 0 Å². The molecule has 2 heterocycles. The minimum absolute atomic E-state index is 0.0215. The van der Waals surface area contributed by atoms with Crippen LogP contribution in [0.15, 0.2) is 30.3 Å². The van der Waals surface area contributed by atoms with E-state index < -0.39 is 36.5 Å². The molecular formula is C13H14O5. The van der Waals surface area contributed by atoms with E-state index in [9.17, 15) is 15.0 Å². The van der Waals surface area contributed by atoms with E-state index in [1.165, 1.54) is 0 Å². The second-order valence-electron chi connectivity index (χ2n) is 4.65. The number of fused-ring (bicyclic) bond motifs is 2. The Morgan fingerprint density at radius 3 is 2.56 bits per heavy atom. The van der Waals surface area contributed by atoms with Crippen LogP contribution < -0.4 is 0 Å². The lowest BCUT2D eigenvalue weighted by molar-refractivity contribution is -0.257. The van der Waals surface area contributed by atoms with Crippen LogP contribution in [-0.4, -0.2) is 40.6 Å². The Morgan fingerprint density at radius 2 is 1.83 bits per heavy atom. The van der Waals surface area contributed by atoms with Crippen LogP contribution in [-0.2, 0) is 14.3 Å². The first-order chi connectivity index (χ1) is 8.66. The molecule has 2 aliphatic rings. The lowest BCUT2D eigenvalue weighted by atomic mass is 9.88. The normalized spacial score (nSPS) is 39.2. The number of aliphatic hydroxyl groups excluding tert-OH is 2. The van der Waals surface area contributed by atoms with Gasteiger partial charge in [-0.2, -0.15) is 0 Å². The van der Waals surface area contributed by atoms with Crippen LogP contribution in [0.2, 0.25) is 0 Å². The molecule has 2 saturated heterocycles. The first-order valence-corrected chi connectivity index (χ1v) is 5.93. The number of carbonyl (C=O) groups excluding carboxylic acids is 1. The van der Waals surface area contributed by atoms with E-state index in [0.717, 1.165) is 5.56 Å². The fourth-order valence-corrected chi connectivity index (χ4v) is 2.53. The number of carbonyl (C=O) groups is 1. The molecule has 2 bridgehead atoms. The van der Waals surface area contributed by atoms with Crippen molar-refractivity contribution >= 4 is 5.97 Å². The molecule has 2 N–H and O–H groups in total. The second-order valence-corrected chi connectivity index (χ2v) is 4.65. The first-order valence-electron chi connectivity index (χ1n) is 5.93. The van der Waals surface area contributed by atoms with Crippen molar-refractivity contribution in [3.63, 3.8) is 0 Å². The Hall–Kier alpha value is -1.43. The van der Waals surface area contributed by atoms with Crippen LogP contribution >= 0.6 is 0 Å². The van der Waals surface area contributed by atoms with Gasteiger partial charge in [-0.1, -0.05) is 30.3 Å². The summed E-state index contributed by atoms with van der Waals surface area (Å²) in [6.45, 7) is 0. The van der Waals surface area contributed by atoms with Gasteiger partial charge >= 0.3 is 5.97 Å². The lowest BCUT2D eigenvalue weighted by Gasteiger charge is -2.45. The molecule has 0 radical (unpaired) electrons. The zero-order chi connectivity index (χ0) is 12.7. The van der Waals surface area contributed by atoms with Gasteiger partial charge in [0.1, 0.15) is 18.3 Å². The molecular weight excluding hydrogens is 236 g/mol. The summed E-state index contributed by atoms with van der Waals surface area (Å²) < 4.78 is 10.7. The van der Waals surface area contributed by atoms with Crippen molar-refractivity contribution in [3.8, 4) is 0 Å². The number of ether oxygens (including phenoxy) is 2. The van der Waals surface area contributed by atoms with E-state index in [4.69, 9.17) is 9.47 Å². The first kappa shape index (κ1) is 11.6. The van der Waals surface area contributed by atoms with Gasteiger partial charge in [-0.25, -0.2) is 0 Å². The van der Waals surface area contributed by atoms with Crippen LogP contribution in [0, 0.1) is 0 Å². The molecule has 2 aliphatic heterocycles. The van der Waals surface area contributed by atoms with Crippen LogP contribution in [0.4, 0.5) is 0 Å². The molecule has 18 heavy (non-hydrogen) atoms. The van der Waals surface area contributed by atoms with Gasteiger partial charge in [-0.3, -0.25) is 4.79 Å². The van der Waals surface area contributed by atoms with Gasteiger partial charge in [0.2, 0.25) is 0 Å². The molecule has 0 amide bonds. The third-order valence-electron chi connectivity index (χ3n) is 3.45. The van der Waals surface area contributed by atoms with Crippen LogP contribution in [0.1, 0.15) is 18.1 Å². The zero-order valence-corrected chi connectivity index (χ0v) is 9.60. The van der Waals surface area contributed by atoms with Gasteiger partial charge in [0.15, 0.2) is 6.10 Å². The Bertz CT molecular complexity index is 446. The summed E-state index contributed by atoms with van der Waals surface area (Å²) in [5.74, 6) is -0.444. The van der Waals surface area contributed by atoms with Crippen molar-refractivity contribution in [2.24, 2.45) is 0 Å². The van der Waals surface area contributed by atoms with Gasteiger partial charge in [-0.05, 0) is 5.56 Å². The summed E-state index contributed by atoms with van der Waals surface area (Å²) in [4.78, 5) is 11.3. The third kappa shape index (κ3) is 1.80. The fraction of sp³-hybridized carbons (Fsp3) is 0.462. The Balaban J connectivity index is 1.89. The SMILES string of the molecule is O=C1C[C@@H]2O[C@H](c3ccccc3)[C@@H](O)[C@H](O1)[C@H]2O. The zero-order valence-electron chi connectivity index (χ0n) is 9.60. The van der Waals surface area contributed by atoms with Gasteiger partial charge in [-0.15, -0.1) is 0 Å². The van der Waals surface area contributed by atoms with Gasteiger partial charge in [0.25, 0.3) is 0 Å². The van der Waals surface area contributed by atoms with E-state index in [1.807, 2.05) is 30.3 Å². The summed E-state index contributed by atoms with van der Waals surface area (Å²) in [7, 11) is 0. The van der Waals surface area contributed by atoms with Crippen molar-refractivity contribution in [2.45, 2.75) is 36.9 Å². The smallest absolute Gasteiger partial charge is 0.308 e. The number of benzene rings is 1. The average Bonchev–Trinajstić information content (AvgIpc) is 2.37. The largest absolute Gasteiger partial charge is 0.457 e. The Morgan fingerprint density at radius 1 is 1.11 bits per heavy atom. The molecule has 0 aromatic heterocycles. The summed E-state index contributed by atoms with van der Waals surface area (Å²) in [5.41, 5.74) is 0.810. The summed E-state index contributed by atoms with van der Waals surface area (Å²) >= 11 is 0. The standard InChI is InChI=1S/C13H14O5/c14-9-6-8-10(15)13(18-9)11(16)12(17-8)7-4-2-1-3-5-7/h1-5,8,10-13,15-16H,6H2/t8-,10-,11+,12+,13+/m0/s1. The van der Waals surface area contributed by atoms with Crippen molar-refractivity contribution in [3.05, 3.63) is 35.9 Å². The maximum Gasteiger partial charge on any atom is 0.308 e. The number of hydrogen-bond donors (Lipinski definition) is 2. The second kappa shape index (κ2) is 4.35. The summed E-state index contributed by atoms with van der Waals surface area (Å²) in [6.07, 6.45) is -4.08. The molecule has 3 rings (SSSR count). The lowest BCUT2D eigenvalue weighted by Crippen LogP contribution is -2.59. The van der Waals surface area contributed by atoms with E-state index in [1.54, 1.807) is 0 Å². The molecule has 2 fully saturated rings. The predicted molar refractivity (Wildman–Crippen MR) is 60.6 cm³/mol. The number of hydrogen-bond acceptors (Lipinski definition) is 5. The molecule has 0 unspecified atom stereocenters. The third-order valence-corrected chi connectivity index (χ3v) is 3.45. The number of esters is 1. The van der Waals surface area contributed by atoms with Crippen molar-refractivity contribution in [1.82, 2.24) is 0 Å². The van der Waals surface area contributed by atoms with E-state index in [2.05, 4.69) is 0 Å². The Labute approximate surface area is 104 Å². The monoisotopic (exact) mass is 250 g/mol. The van der Waals surface area contributed by atoms with E-state index >= 15 is 0 Å². The molecule has 0 aliphatic carbocycles. The maximum absolute atomic E-state index is 11.3. The molecule has 1 aromatic rings. The summed E-state index contributed by atoms with van der Waals surface area (Å²) in [5, 5.41) is 20.0. The average molecular weight is 250 g/mol. The minimum atomic E-state index is -1.05. The quantitative estimate of drug-likeness (QED) is 0.695. The minimum Gasteiger partial charge on any atom is -0.457 e. The van der Waals surface area contributed by atoms with Gasteiger partial charge < -0.3 is 19.7 Å². The topological polar surface area (TPSA) is 76.0 Å². The molecule has 0 spiro atoms. The van der Waals surface area contributed by atoms with Crippen molar-refractivity contribution in [1.29, 1.82) is 0 Å². The number of rotatable bonds is 1.